The van der Waals surface area contributed by atoms with Crippen molar-refractivity contribution in [1.82, 2.24) is 4.90 Å². The fourth-order valence-corrected chi connectivity index (χ4v) is 5.87. The van der Waals surface area contributed by atoms with E-state index in [9.17, 15) is 4.39 Å². The molecule has 0 aliphatic carbocycles. The van der Waals surface area contributed by atoms with Gasteiger partial charge in [0.25, 0.3) is 0 Å². The molecule has 1 saturated heterocycles. The van der Waals surface area contributed by atoms with Crippen molar-refractivity contribution in [1.29, 1.82) is 5.26 Å². The van der Waals surface area contributed by atoms with Gasteiger partial charge in [-0.25, -0.2) is 4.39 Å². The van der Waals surface area contributed by atoms with Crippen LogP contribution in [-0.4, -0.2) is 48.2 Å². The number of aliphatic hydroxyl groups is 1. The second kappa shape index (κ2) is 15.2. The highest BCUT2D eigenvalue weighted by Gasteiger charge is 2.16. The maximum atomic E-state index is 14.3. The average Bonchev–Trinajstić information content (AvgIpc) is 2.96. The molecule has 3 N–H and O–H groups in total. The molecule has 0 saturated carbocycles. The lowest BCUT2D eigenvalue weighted by molar-refractivity contribution is 0.415. The summed E-state index contributed by atoms with van der Waals surface area (Å²) in [5, 5.41) is 17.4. The van der Waals surface area contributed by atoms with Gasteiger partial charge in [-0.2, -0.15) is 5.26 Å². The first-order valence-corrected chi connectivity index (χ1v) is 15.8. The van der Waals surface area contributed by atoms with Crippen LogP contribution >= 0.6 is 0 Å². The van der Waals surface area contributed by atoms with Crippen LogP contribution in [0.1, 0.15) is 37.8 Å². The van der Waals surface area contributed by atoms with E-state index in [0.29, 0.717) is 0 Å². The van der Waals surface area contributed by atoms with E-state index >= 15 is 0 Å². The predicted octanol–water partition coefficient (Wildman–Crippen LogP) is 5.95. The van der Waals surface area contributed by atoms with Crippen LogP contribution in [0.4, 0.5) is 15.8 Å². The zero-order chi connectivity index (χ0) is 29.1. The van der Waals surface area contributed by atoms with Gasteiger partial charge in [0.1, 0.15) is 11.9 Å². The summed E-state index contributed by atoms with van der Waals surface area (Å²) < 4.78 is 14.3. The third-order valence-corrected chi connectivity index (χ3v) is 9.09. The molecule has 0 amide bonds. The minimum Gasteiger partial charge on any atom is -0.514 e. The smallest absolute Gasteiger partial charge is 0.141 e. The molecule has 2 aromatic carbocycles. The number of benzene rings is 2. The molecule has 4 rings (SSSR count). The average molecular weight is 580 g/mol. The molecule has 0 atom stereocenters. The molecule has 0 spiro atoms. The number of halogens is 1. The van der Waals surface area contributed by atoms with Gasteiger partial charge >= 0.3 is 0 Å². The highest BCUT2D eigenvalue weighted by Crippen LogP contribution is 2.29. The summed E-state index contributed by atoms with van der Waals surface area (Å²) in [6, 6.07) is 15.1. The van der Waals surface area contributed by atoms with Gasteiger partial charge in [-0.05, 0) is 69.2 Å². The Hall–Kier alpha value is -3.61. The van der Waals surface area contributed by atoms with Gasteiger partial charge < -0.3 is 25.5 Å². The molecule has 2 aliphatic heterocycles. The highest BCUT2D eigenvalue weighted by molar-refractivity contribution is 8.28. The summed E-state index contributed by atoms with van der Waals surface area (Å²) >= 11 is 5.43. The van der Waals surface area contributed by atoms with Gasteiger partial charge in [0.2, 0.25) is 0 Å². The van der Waals surface area contributed by atoms with Crippen molar-refractivity contribution in [2.45, 2.75) is 26.7 Å². The number of rotatable bonds is 6. The molecule has 0 aromatic heterocycles. The number of hydrogen-bond donors (Lipinski definition) is 2. The van der Waals surface area contributed by atoms with E-state index < -0.39 is 5.82 Å². The molecule has 212 valence electrons. The molecule has 0 bridgehead atoms. The zero-order valence-electron chi connectivity index (χ0n) is 23.4. The second-order valence-corrected chi connectivity index (χ2v) is 12.7. The Balaban J connectivity index is 0.000000371. The van der Waals surface area contributed by atoms with Gasteiger partial charge in [0, 0.05) is 78.9 Å². The van der Waals surface area contributed by atoms with Crippen LogP contribution < -0.4 is 15.5 Å². The topological polar surface area (TPSA) is 79.8 Å². The van der Waals surface area contributed by atoms with Crippen molar-refractivity contribution in [3.8, 4) is 6.07 Å². The molecule has 2 heterocycles. The molecular formula is C31H38FN5OS2. The van der Waals surface area contributed by atoms with Gasteiger partial charge in [0.05, 0.1) is 11.8 Å². The lowest BCUT2D eigenvalue weighted by Gasteiger charge is -2.30. The van der Waals surface area contributed by atoms with Crippen LogP contribution in [0.5, 0.6) is 0 Å². The molecule has 2 aliphatic rings. The monoisotopic (exact) mass is 579 g/mol. The zero-order valence-corrected chi connectivity index (χ0v) is 25.0. The fraction of sp³-hybridized carbons (Fsp3) is 0.323. The van der Waals surface area contributed by atoms with Crippen molar-refractivity contribution in [3.63, 3.8) is 0 Å². The van der Waals surface area contributed by atoms with E-state index in [-0.39, 0.29) is 15.0 Å². The van der Waals surface area contributed by atoms with Crippen LogP contribution in [0.2, 0.25) is 0 Å². The van der Waals surface area contributed by atoms with E-state index in [1.54, 1.807) is 12.3 Å². The lowest BCUT2D eigenvalue weighted by Crippen LogP contribution is -2.37. The maximum absolute atomic E-state index is 14.3. The van der Waals surface area contributed by atoms with E-state index in [2.05, 4.69) is 34.1 Å². The van der Waals surface area contributed by atoms with Gasteiger partial charge in [-0.3, -0.25) is 0 Å². The van der Waals surface area contributed by atoms with E-state index in [4.69, 9.17) is 27.3 Å². The molecule has 1 fully saturated rings. The summed E-state index contributed by atoms with van der Waals surface area (Å²) in [5.41, 5.74) is 11.4. The third-order valence-electron chi connectivity index (χ3n) is 6.82. The van der Waals surface area contributed by atoms with Crippen molar-refractivity contribution in [3.05, 3.63) is 101 Å². The maximum Gasteiger partial charge on any atom is 0.141 e. The third kappa shape index (κ3) is 8.70. The van der Waals surface area contributed by atoms with Crippen LogP contribution in [0.3, 0.4) is 0 Å². The lowest BCUT2D eigenvalue weighted by atomic mass is 10.0. The molecule has 0 radical (unpaired) electrons. The first kappa shape index (κ1) is 30.9. The minimum atomic E-state index is -0.506. The number of allylic oxidation sites excluding steroid dienone is 4. The summed E-state index contributed by atoms with van der Waals surface area (Å²) in [7, 11) is 2.11. The van der Waals surface area contributed by atoms with Crippen LogP contribution in [0.15, 0.2) is 84.5 Å². The first-order chi connectivity index (χ1) is 19.2. The van der Waals surface area contributed by atoms with Crippen LogP contribution in [0, 0.1) is 17.1 Å². The molecule has 40 heavy (non-hydrogen) atoms. The standard InChI is InChI=1S/C24H26FN3S2.C7H12N2O/c1-4-18(2)15-24(19-5-6-20(17-26)23(25)16-19)27(3)21-7-9-22(10-8-21)28-11-13-30(29)14-12-28;8-7-2-1-3-9(6-7)4-5-10/h4-10,15-16H,11-14H2,1-3H3;4-6,10H,1-3,8H2/b18-4-,24-15-;5-4-. The Bertz CT molecular complexity index is 1330. The fourth-order valence-electron chi connectivity index (χ4n) is 4.37. The largest absolute Gasteiger partial charge is 0.514 e. The Morgan fingerprint density at radius 3 is 2.45 bits per heavy atom. The highest BCUT2D eigenvalue weighted by atomic mass is 32.8. The first-order valence-electron chi connectivity index (χ1n) is 13.3. The summed E-state index contributed by atoms with van der Waals surface area (Å²) in [6.45, 7) is 6.96. The predicted molar refractivity (Wildman–Crippen MR) is 170 cm³/mol. The Morgan fingerprint density at radius 2 is 1.88 bits per heavy atom. The quantitative estimate of drug-likeness (QED) is 0.323. The molecule has 0 unspecified atom stereocenters. The Morgan fingerprint density at radius 1 is 1.18 bits per heavy atom. The molecular weight excluding hydrogens is 542 g/mol. The van der Waals surface area contributed by atoms with Gasteiger partial charge in [0.15, 0.2) is 0 Å². The molecule has 9 heteroatoms. The van der Waals surface area contributed by atoms with Crippen molar-refractivity contribution in [2.24, 2.45) is 5.73 Å². The van der Waals surface area contributed by atoms with E-state index in [0.717, 1.165) is 78.5 Å². The summed E-state index contributed by atoms with van der Waals surface area (Å²) in [4.78, 5) is 6.31. The van der Waals surface area contributed by atoms with Crippen LogP contribution in [-0.2, 0) is 20.6 Å². The number of nitrogens with two attached hydrogens (primary N) is 1. The van der Waals surface area contributed by atoms with Crippen molar-refractivity contribution >= 4 is 37.7 Å². The molecule has 6 nitrogen and oxygen atoms in total. The number of anilines is 2. The SMILES string of the molecule is C/C=C(C)\C=C(\c1ccc(C#N)c(F)c1)N(C)c1ccc(N2CCS(=S)CC2)cc1.NC1=CN(/C=C\O)CCC1. The number of aliphatic hydroxyl groups excluding tert-OH is 1. The number of nitrogens with zero attached hydrogens (tertiary/aromatic N) is 4. The van der Waals surface area contributed by atoms with Gasteiger partial charge in [-0.1, -0.05) is 28.9 Å². The Labute approximate surface area is 244 Å². The summed E-state index contributed by atoms with van der Waals surface area (Å²) in [6.07, 6.45) is 10.5. The summed E-state index contributed by atoms with van der Waals surface area (Å²) in [5.74, 6) is 1.65. The van der Waals surface area contributed by atoms with E-state index in [1.807, 2.05) is 50.2 Å². The number of hydrogen-bond acceptors (Lipinski definition) is 7. The van der Waals surface area contributed by atoms with E-state index in [1.165, 1.54) is 17.8 Å². The van der Waals surface area contributed by atoms with Gasteiger partial charge in [-0.15, -0.1) is 9.45 Å². The van der Waals surface area contributed by atoms with Crippen LogP contribution in [0.25, 0.3) is 5.70 Å². The van der Waals surface area contributed by atoms with Crippen molar-refractivity contribution < 1.29 is 9.50 Å². The molecule has 2 aromatic rings. The minimum absolute atomic E-state index is 0.0522. The van der Waals surface area contributed by atoms with Crippen molar-refractivity contribution in [2.75, 3.05) is 48.0 Å². The number of nitriles is 1. The Kier molecular flexibility index (Phi) is 11.8. The second-order valence-electron chi connectivity index (χ2n) is 9.62. The normalized spacial score (nSPS) is 16.7.